The van der Waals surface area contributed by atoms with Crippen LogP contribution in [0.25, 0.3) is 0 Å². The molecule has 0 aliphatic carbocycles. The third-order valence-corrected chi connectivity index (χ3v) is 4.89. The first-order chi connectivity index (χ1) is 11.7. The van der Waals surface area contributed by atoms with Crippen LogP contribution in [0, 0.1) is 6.92 Å². The Bertz CT molecular complexity index is 802. The summed E-state index contributed by atoms with van der Waals surface area (Å²) in [5.74, 6) is -0.0133. The van der Waals surface area contributed by atoms with E-state index < -0.39 is 0 Å². The van der Waals surface area contributed by atoms with Crippen molar-refractivity contribution in [3.05, 3.63) is 96.1 Å². The second-order valence-electron chi connectivity index (χ2n) is 5.58. The molecule has 2 nitrogen and oxygen atoms in total. The summed E-state index contributed by atoms with van der Waals surface area (Å²) >= 11 is 1.56. The Morgan fingerprint density at radius 3 is 2.21 bits per heavy atom. The lowest BCUT2D eigenvalue weighted by molar-refractivity contribution is -0.115. The van der Waals surface area contributed by atoms with Gasteiger partial charge in [0.2, 0.25) is 5.91 Å². The molecule has 0 bridgehead atoms. The highest BCUT2D eigenvalue weighted by atomic mass is 32.2. The molecule has 3 rings (SSSR count). The average molecular weight is 333 g/mol. The van der Waals surface area contributed by atoms with Gasteiger partial charge in [0.15, 0.2) is 0 Å². The van der Waals surface area contributed by atoms with Gasteiger partial charge >= 0.3 is 0 Å². The van der Waals surface area contributed by atoms with Crippen molar-refractivity contribution in [2.45, 2.75) is 17.1 Å². The van der Waals surface area contributed by atoms with E-state index in [-0.39, 0.29) is 11.2 Å². The molecule has 0 spiro atoms. The fourth-order valence-corrected chi connectivity index (χ4v) is 3.51. The van der Waals surface area contributed by atoms with Crippen LogP contribution >= 0.6 is 11.8 Å². The van der Waals surface area contributed by atoms with Crippen molar-refractivity contribution in [3.63, 3.8) is 0 Å². The van der Waals surface area contributed by atoms with E-state index >= 15 is 0 Å². The number of hydrogen-bond acceptors (Lipinski definition) is 2. The first-order valence-corrected chi connectivity index (χ1v) is 8.74. The highest BCUT2D eigenvalue weighted by molar-refractivity contribution is 8.00. The van der Waals surface area contributed by atoms with Gasteiger partial charge in [-0.05, 0) is 42.3 Å². The molecule has 0 aromatic heterocycles. The predicted octanol–water partition coefficient (Wildman–Crippen LogP) is 5.47. The van der Waals surface area contributed by atoms with Gasteiger partial charge in [-0.2, -0.15) is 0 Å². The number of amides is 1. The molecule has 1 N–H and O–H groups in total. The molecule has 3 aromatic rings. The summed E-state index contributed by atoms with van der Waals surface area (Å²) in [4.78, 5) is 14.0. The van der Waals surface area contributed by atoms with Gasteiger partial charge in [-0.15, -0.1) is 11.8 Å². The summed E-state index contributed by atoms with van der Waals surface area (Å²) in [5.41, 5.74) is 2.95. The van der Waals surface area contributed by atoms with E-state index in [4.69, 9.17) is 0 Å². The Balaban J connectivity index is 1.85. The highest BCUT2D eigenvalue weighted by Crippen LogP contribution is 2.36. The molecule has 0 saturated carbocycles. The smallest absolute Gasteiger partial charge is 0.242 e. The van der Waals surface area contributed by atoms with Crippen LogP contribution in [0.5, 0.6) is 0 Å². The van der Waals surface area contributed by atoms with Gasteiger partial charge in [-0.1, -0.05) is 60.7 Å². The number of thioether (sulfide) groups is 1. The van der Waals surface area contributed by atoms with Gasteiger partial charge in [0.25, 0.3) is 0 Å². The minimum Gasteiger partial charge on any atom is -0.325 e. The lowest BCUT2D eigenvalue weighted by atomic mass is 10.1. The maximum absolute atomic E-state index is 12.9. The number of rotatable bonds is 5. The topological polar surface area (TPSA) is 29.1 Å². The van der Waals surface area contributed by atoms with Gasteiger partial charge in [0.05, 0.1) is 0 Å². The quantitative estimate of drug-likeness (QED) is 0.628. The van der Waals surface area contributed by atoms with Crippen LogP contribution in [0.15, 0.2) is 89.8 Å². The summed E-state index contributed by atoms with van der Waals surface area (Å²) in [6.45, 7) is 2.02. The van der Waals surface area contributed by atoms with Crippen LogP contribution in [-0.4, -0.2) is 5.91 Å². The molecule has 1 atom stereocenters. The minimum absolute atomic E-state index is 0.0133. The van der Waals surface area contributed by atoms with Gasteiger partial charge in [0.1, 0.15) is 5.25 Å². The van der Waals surface area contributed by atoms with Crippen LogP contribution in [0.3, 0.4) is 0 Å². The van der Waals surface area contributed by atoms with Crippen molar-refractivity contribution < 1.29 is 4.79 Å². The standard InChI is InChI=1S/C21H19NOS/c1-16-9-8-12-18(15-16)22-21(23)20(17-10-4-2-5-11-17)24-19-13-6-3-7-14-19/h2-15,20H,1H3,(H,22,23)/t20-/m1/s1. The van der Waals surface area contributed by atoms with Crippen LogP contribution in [0.2, 0.25) is 0 Å². The van der Waals surface area contributed by atoms with Gasteiger partial charge in [0, 0.05) is 10.6 Å². The Morgan fingerprint density at radius 2 is 1.54 bits per heavy atom. The van der Waals surface area contributed by atoms with Crippen molar-refractivity contribution in [1.82, 2.24) is 0 Å². The molecule has 0 aliphatic rings. The largest absolute Gasteiger partial charge is 0.325 e. The number of hydrogen-bond donors (Lipinski definition) is 1. The molecule has 3 aromatic carbocycles. The van der Waals surface area contributed by atoms with Crippen molar-refractivity contribution >= 4 is 23.4 Å². The van der Waals surface area contributed by atoms with Crippen LogP contribution < -0.4 is 5.32 Å². The van der Waals surface area contributed by atoms with Crippen LogP contribution in [0.4, 0.5) is 5.69 Å². The zero-order chi connectivity index (χ0) is 16.8. The minimum atomic E-state index is -0.297. The first-order valence-electron chi connectivity index (χ1n) is 7.86. The molecule has 0 fully saturated rings. The normalized spacial score (nSPS) is 11.7. The molecule has 24 heavy (non-hydrogen) atoms. The highest BCUT2D eigenvalue weighted by Gasteiger charge is 2.22. The van der Waals surface area contributed by atoms with E-state index in [9.17, 15) is 4.79 Å². The van der Waals surface area contributed by atoms with Crippen LogP contribution in [0.1, 0.15) is 16.4 Å². The first kappa shape index (κ1) is 16.3. The van der Waals surface area contributed by atoms with Crippen LogP contribution in [-0.2, 0) is 4.79 Å². The number of aryl methyl sites for hydroxylation is 1. The Kier molecular flexibility index (Phi) is 5.34. The van der Waals surface area contributed by atoms with Crippen molar-refractivity contribution in [1.29, 1.82) is 0 Å². The summed E-state index contributed by atoms with van der Waals surface area (Å²) in [6.07, 6.45) is 0. The predicted molar refractivity (Wildman–Crippen MR) is 101 cm³/mol. The monoisotopic (exact) mass is 333 g/mol. The average Bonchev–Trinajstić information content (AvgIpc) is 2.61. The number of anilines is 1. The second kappa shape index (κ2) is 7.84. The lowest BCUT2D eigenvalue weighted by Gasteiger charge is -2.17. The van der Waals surface area contributed by atoms with E-state index in [1.807, 2.05) is 91.9 Å². The molecular formula is C21H19NOS. The molecule has 0 aliphatic heterocycles. The van der Waals surface area contributed by atoms with Gasteiger partial charge in [-0.3, -0.25) is 4.79 Å². The Labute approximate surface area is 146 Å². The van der Waals surface area contributed by atoms with E-state index in [1.165, 1.54) is 0 Å². The number of carbonyl (C=O) groups is 1. The Hall–Kier alpha value is -2.52. The molecule has 0 unspecified atom stereocenters. The zero-order valence-electron chi connectivity index (χ0n) is 13.5. The van der Waals surface area contributed by atoms with Crippen molar-refractivity contribution in [2.24, 2.45) is 0 Å². The lowest BCUT2D eigenvalue weighted by Crippen LogP contribution is -2.19. The third kappa shape index (κ3) is 4.27. The molecule has 3 heteroatoms. The Morgan fingerprint density at radius 1 is 0.875 bits per heavy atom. The van der Waals surface area contributed by atoms with E-state index in [0.717, 1.165) is 21.7 Å². The maximum atomic E-state index is 12.9. The fraction of sp³-hybridized carbons (Fsp3) is 0.0952. The van der Waals surface area contributed by atoms with Gasteiger partial charge < -0.3 is 5.32 Å². The summed E-state index contributed by atoms with van der Waals surface area (Å²) in [5, 5.41) is 2.74. The van der Waals surface area contributed by atoms with Crippen molar-refractivity contribution in [3.8, 4) is 0 Å². The summed E-state index contributed by atoms with van der Waals surface area (Å²) < 4.78 is 0. The molecule has 0 heterocycles. The van der Waals surface area contributed by atoms with E-state index in [2.05, 4.69) is 5.32 Å². The van der Waals surface area contributed by atoms with E-state index in [1.54, 1.807) is 11.8 Å². The summed E-state index contributed by atoms with van der Waals surface area (Å²) in [6, 6.07) is 27.8. The van der Waals surface area contributed by atoms with Gasteiger partial charge in [-0.25, -0.2) is 0 Å². The maximum Gasteiger partial charge on any atom is 0.242 e. The summed E-state index contributed by atoms with van der Waals surface area (Å²) in [7, 11) is 0. The fourth-order valence-electron chi connectivity index (χ4n) is 2.47. The number of nitrogens with one attached hydrogen (secondary N) is 1. The SMILES string of the molecule is Cc1cccc(NC(=O)[C@H](Sc2ccccc2)c2ccccc2)c1. The molecule has 1 amide bonds. The zero-order valence-corrected chi connectivity index (χ0v) is 14.3. The molecular weight excluding hydrogens is 314 g/mol. The van der Waals surface area contributed by atoms with Crippen molar-refractivity contribution in [2.75, 3.05) is 5.32 Å². The number of benzene rings is 3. The molecule has 120 valence electrons. The molecule has 0 saturated heterocycles. The second-order valence-corrected chi connectivity index (χ2v) is 6.76. The third-order valence-electron chi connectivity index (χ3n) is 3.62. The van der Waals surface area contributed by atoms with E-state index in [0.29, 0.717) is 0 Å². The molecule has 0 radical (unpaired) electrons. The number of carbonyl (C=O) groups excluding carboxylic acids is 1.